The molecule has 3 aromatic rings. The highest BCUT2D eigenvalue weighted by Gasteiger charge is 2.34. The number of halogens is 1. The van der Waals surface area contributed by atoms with Gasteiger partial charge in [-0.05, 0) is 24.3 Å². The zero-order chi connectivity index (χ0) is 20.3. The van der Waals surface area contributed by atoms with Crippen LogP contribution in [-0.4, -0.2) is 38.8 Å². The maximum atomic E-state index is 12.6. The molecule has 0 saturated carbocycles. The van der Waals surface area contributed by atoms with Crippen molar-refractivity contribution in [2.45, 2.75) is 17.6 Å². The number of nitrogens with one attached hydrogen (secondary N) is 1. The molecule has 28 heavy (non-hydrogen) atoms. The molecule has 11 heteroatoms. The molecule has 0 saturated heterocycles. The monoisotopic (exact) mass is 420 g/mol. The Balaban J connectivity index is 1.82. The second-order valence-electron chi connectivity index (χ2n) is 5.96. The maximum absolute atomic E-state index is 12.6. The molecule has 1 unspecified atom stereocenters. The average molecular weight is 421 g/mol. The fourth-order valence-corrected chi connectivity index (χ4v) is 3.87. The zero-order valence-electron chi connectivity index (χ0n) is 14.7. The van der Waals surface area contributed by atoms with Crippen LogP contribution in [0.25, 0.3) is 5.82 Å². The van der Waals surface area contributed by atoms with E-state index < -0.39 is 26.6 Å². The predicted molar refractivity (Wildman–Crippen MR) is 104 cm³/mol. The number of nitrogens with two attached hydrogens (primary N) is 1. The van der Waals surface area contributed by atoms with Gasteiger partial charge in [0.05, 0.1) is 11.9 Å². The van der Waals surface area contributed by atoms with E-state index in [1.165, 1.54) is 29.3 Å². The lowest BCUT2D eigenvalue weighted by Gasteiger charge is -2.18. The SMILES string of the molecule is C[C@@H](c1ncnn1-c1ccc(N)cn1)C(Cl)S(=O)(=O)NC(=O)c1ccccc1. The van der Waals surface area contributed by atoms with Crippen LogP contribution in [0.4, 0.5) is 5.69 Å². The Hall–Kier alpha value is -2.98. The lowest BCUT2D eigenvalue weighted by atomic mass is 10.2. The molecule has 2 atom stereocenters. The van der Waals surface area contributed by atoms with Gasteiger partial charge in [0, 0.05) is 11.5 Å². The lowest BCUT2D eigenvalue weighted by Crippen LogP contribution is -2.38. The van der Waals surface area contributed by atoms with Crippen molar-refractivity contribution in [1.82, 2.24) is 24.5 Å². The van der Waals surface area contributed by atoms with Gasteiger partial charge in [0.15, 0.2) is 10.5 Å². The van der Waals surface area contributed by atoms with Crippen molar-refractivity contribution in [3.63, 3.8) is 0 Å². The Labute approximate surface area is 166 Å². The zero-order valence-corrected chi connectivity index (χ0v) is 16.3. The molecule has 0 aliphatic rings. The third-order valence-corrected chi connectivity index (χ3v) is 6.48. The Morgan fingerprint density at radius 1 is 1.18 bits per heavy atom. The summed E-state index contributed by atoms with van der Waals surface area (Å²) in [5.74, 6) is -0.886. The maximum Gasteiger partial charge on any atom is 0.264 e. The van der Waals surface area contributed by atoms with Gasteiger partial charge >= 0.3 is 0 Å². The van der Waals surface area contributed by atoms with E-state index in [-0.39, 0.29) is 11.4 Å². The molecule has 0 spiro atoms. The molecule has 0 aliphatic carbocycles. The van der Waals surface area contributed by atoms with Gasteiger partial charge in [-0.15, -0.1) is 11.6 Å². The molecule has 0 aliphatic heterocycles. The number of amides is 1. The molecule has 2 aromatic heterocycles. The number of hydrogen-bond acceptors (Lipinski definition) is 7. The highest BCUT2D eigenvalue weighted by molar-refractivity contribution is 7.92. The quantitative estimate of drug-likeness (QED) is 0.579. The summed E-state index contributed by atoms with van der Waals surface area (Å²) in [6.45, 7) is 1.57. The topological polar surface area (TPSA) is 133 Å². The average Bonchev–Trinajstić information content (AvgIpc) is 3.17. The molecule has 0 radical (unpaired) electrons. The minimum absolute atomic E-state index is 0.205. The first-order valence-electron chi connectivity index (χ1n) is 8.16. The number of anilines is 1. The number of alkyl halides is 1. The first-order valence-corrected chi connectivity index (χ1v) is 10.1. The van der Waals surface area contributed by atoms with Gasteiger partial charge in [0.2, 0.25) is 0 Å². The van der Waals surface area contributed by atoms with Crippen LogP contribution in [0.1, 0.15) is 29.0 Å². The number of carbonyl (C=O) groups excluding carboxylic acids is 1. The van der Waals surface area contributed by atoms with E-state index in [9.17, 15) is 13.2 Å². The summed E-state index contributed by atoms with van der Waals surface area (Å²) in [4.78, 5) is 20.4. The summed E-state index contributed by atoms with van der Waals surface area (Å²) in [6.07, 6.45) is 2.71. The van der Waals surface area contributed by atoms with Crippen molar-refractivity contribution in [1.29, 1.82) is 0 Å². The first kappa shape index (κ1) is 19.8. The molecule has 3 N–H and O–H groups in total. The van der Waals surface area contributed by atoms with E-state index in [1.54, 1.807) is 37.3 Å². The number of rotatable bonds is 6. The Bertz CT molecular complexity index is 1070. The first-order chi connectivity index (χ1) is 13.3. The fraction of sp³-hybridized carbons (Fsp3) is 0.176. The second-order valence-corrected chi connectivity index (χ2v) is 8.49. The smallest absolute Gasteiger partial charge is 0.264 e. The molecule has 1 aromatic carbocycles. The van der Waals surface area contributed by atoms with Gasteiger partial charge in [0.1, 0.15) is 12.2 Å². The predicted octanol–water partition coefficient (Wildman–Crippen LogP) is 1.67. The number of sulfonamides is 1. The van der Waals surface area contributed by atoms with Crippen LogP contribution in [0.15, 0.2) is 55.0 Å². The highest BCUT2D eigenvalue weighted by atomic mass is 35.5. The Morgan fingerprint density at radius 3 is 2.54 bits per heavy atom. The summed E-state index contributed by atoms with van der Waals surface area (Å²) < 4.78 is 27.1. The molecular formula is C17H17ClN6O3S. The van der Waals surface area contributed by atoms with Crippen molar-refractivity contribution in [2.75, 3.05) is 5.73 Å². The van der Waals surface area contributed by atoms with Crippen molar-refractivity contribution >= 4 is 33.2 Å². The van der Waals surface area contributed by atoms with E-state index in [0.29, 0.717) is 11.5 Å². The van der Waals surface area contributed by atoms with Crippen LogP contribution < -0.4 is 10.5 Å². The number of nitrogens with zero attached hydrogens (tertiary/aromatic N) is 4. The van der Waals surface area contributed by atoms with E-state index in [2.05, 4.69) is 15.1 Å². The summed E-state index contributed by atoms with van der Waals surface area (Å²) in [7, 11) is -4.19. The fourth-order valence-electron chi connectivity index (χ4n) is 2.48. The van der Waals surface area contributed by atoms with Gasteiger partial charge in [0.25, 0.3) is 15.9 Å². The standard InChI is InChI=1S/C17H17ClN6O3S/c1-11(16-21-10-22-24(16)14-8-7-13(19)9-20-14)15(18)28(26,27)23-17(25)12-5-3-2-4-6-12/h2-11,15H,19H2,1H3,(H,23,25)/t11-,15?/m1/s1. The van der Waals surface area contributed by atoms with Gasteiger partial charge in [-0.2, -0.15) is 9.78 Å². The van der Waals surface area contributed by atoms with E-state index >= 15 is 0 Å². The summed E-state index contributed by atoms with van der Waals surface area (Å²) in [6, 6.07) is 11.2. The molecule has 0 fully saturated rings. The van der Waals surface area contributed by atoms with Crippen LogP contribution in [0.5, 0.6) is 0 Å². The van der Waals surface area contributed by atoms with Crippen molar-refractivity contribution in [3.05, 3.63) is 66.4 Å². The Kier molecular flexibility index (Phi) is 5.61. The molecule has 2 heterocycles. The molecular weight excluding hydrogens is 404 g/mol. The largest absolute Gasteiger partial charge is 0.397 e. The Morgan fingerprint density at radius 2 is 1.89 bits per heavy atom. The minimum Gasteiger partial charge on any atom is -0.397 e. The second kappa shape index (κ2) is 7.95. The number of carbonyl (C=O) groups is 1. The number of nitrogen functional groups attached to an aromatic ring is 1. The van der Waals surface area contributed by atoms with Crippen LogP contribution in [0.2, 0.25) is 0 Å². The molecule has 1 amide bonds. The summed E-state index contributed by atoms with van der Waals surface area (Å²) in [5, 5.41) is 4.07. The van der Waals surface area contributed by atoms with Crippen LogP contribution in [0, 0.1) is 0 Å². The minimum atomic E-state index is -4.19. The van der Waals surface area contributed by atoms with Crippen LogP contribution in [-0.2, 0) is 10.0 Å². The normalized spacial score (nSPS) is 13.6. The molecule has 146 valence electrons. The number of aromatic nitrogens is 4. The van der Waals surface area contributed by atoms with Gasteiger partial charge < -0.3 is 5.73 Å². The van der Waals surface area contributed by atoms with Crippen molar-refractivity contribution in [3.8, 4) is 5.82 Å². The molecule has 0 bridgehead atoms. The van der Waals surface area contributed by atoms with E-state index in [4.69, 9.17) is 17.3 Å². The summed E-state index contributed by atoms with van der Waals surface area (Å²) >= 11 is 6.21. The molecule has 3 rings (SSSR count). The van der Waals surface area contributed by atoms with Crippen molar-refractivity contribution in [2.24, 2.45) is 0 Å². The number of hydrogen-bond donors (Lipinski definition) is 2. The van der Waals surface area contributed by atoms with Crippen LogP contribution in [0.3, 0.4) is 0 Å². The lowest BCUT2D eigenvalue weighted by molar-refractivity contribution is 0.0981. The molecule has 9 nitrogen and oxygen atoms in total. The van der Waals surface area contributed by atoms with Crippen molar-refractivity contribution < 1.29 is 13.2 Å². The highest BCUT2D eigenvalue weighted by Crippen LogP contribution is 2.26. The van der Waals surface area contributed by atoms with Crippen LogP contribution >= 0.6 is 11.6 Å². The third kappa shape index (κ3) is 4.12. The van der Waals surface area contributed by atoms with Gasteiger partial charge in [-0.3, -0.25) is 4.79 Å². The van der Waals surface area contributed by atoms with E-state index in [0.717, 1.165) is 0 Å². The van der Waals surface area contributed by atoms with Gasteiger partial charge in [-0.1, -0.05) is 25.1 Å². The summed E-state index contributed by atoms with van der Waals surface area (Å²) in [5.41, 5.74) is 6.31. The number of benzene rings is 1. The van der Waals surface area contributed by atoms with E-state index in [1.807, 2.05) is 4.72 Å². The number of pyridine rings is 1. The third-order valence-electron chi connectivity index (χ3n) is 3.93. The van der Waals surface area contributed by atoms with Gasteiger partial charge in [-0.25, -0.2) is 23.1 Å².